The highest BCUT2D eigenvalue weighted by molar-refractivity contribution is 8.00. The molecular weight excluding hydrogens is 516 g/mol. The number of imidazole rings is 1. The number of ether oxygens (including phenoxy) is 4. The smallest absolute Gasteiger partial charge is 0.431 e. The largest absolute Gasteiger partial charge is 0.442 e. The van der Waals surface area contributed by atoms with Gasteiger partial charge in [0, 0.05) is 11.0 Å². The number of thioether (sulfide) groups is 1. The van der Waals surface area contributed by atoms with Crippen LogP contribution in [-0.2, 0) is 28.6 Å². The van der Waals surface area contributed by atoms with Crippen LogP contribution >= 0.6 is 11.8 Å². The van der Waals surface area contributed by atoms with Gasteiger partial charge < -0.3 is 24.3 Å². The lowest BCUT2D eigenvalue weighted by Crippen LogP contribution is -2.34. The lowest BCUT2D eigenvalue weighted by atomic mass is 10.1. The van der Waals surface area contributed by atoms with Crippen molar-refractivity contribution >= 4 is 41.2 Å². The van der Waals surface area contributed by atoms with Gasteiger partial charge >= 0.3 is 6.09 Å². The third kappa shape index (κ3) is 5.78. The first-order valence-corrected chi connectivity index (χ1v) is 13.4. The maximum Gasteiger partial charge on any atom is 0.431 e. The molecule has 13 nitrogen and oxygen atoms in total. The number of hydrogen-bond acceptors (Lipinski definition) is 11. The molecule has 2 amide bonds. The Morgan fingerprint density at radius 3 is 2.79 bits per heavy atom. The fourth-order valence-corrected chi connectivity index (χ4v) is 5.94. The van der Waals surface area contributed by atoms with E-state index in [0.717, 1.165) is 0 Å². The Kier molecular flexibility index (Phi) is 7.35. The average molecular weight is 549 g/mol. The van der Waals surface area contributed by atoms with Gasteiger partial charge in [0.05, 0.1) is 12.4 Å². The zero-order chi connectivity index (χ0) is 27.1. The van der Waals surface area contributed by atoms with Crippen molar-refractivity contribution in [3.05, 3.63) is 24.8 Å². The molecule has 6 atom stereocenters. The van der Waals surface area contributed by atoms with Gasteiger partial charge in [-0.15, -0.1) is 0 Å². The normalized spacial score (nSPS) is 29.9. The van der Waals surface area contributed by atoms with Crippen molar-refractivity contribution in [2.75, 3.05) is 11.1 Å². The topological polar surface area (TPSA) is 148 Å². The summed E-state index contributed by atoms with van der Waals surface area (Å²) in [5, 5.41) is 2.72. The second kappa shape index (κ2) is 10.4. The van der Waals surface area contributed by atoms with Crippen LogP contribution in [0.25, 0.3) is 11.2 Å². The van der Waals surface area contributed by atoms with Crippen molar-refractivity contribution in [2.24, 2.45) is 0 Å². The number of hydrogen-bond donors (Lipinski definition) is 2. The van der Waals surface area contributed by atoms with Gasteiger partial charge in [0.25, 0.3) is 0 Å². The van der Waals surface area contributed by atoms with Crippen LogP contribution in [0.15, 0.2) is 24.8 Å². The SMILES string of the molecule is CC(C)(C)OC(=O)NO[C@@H]1C=C[C@@H](SC[C@H]2O[C@@H](n3cnc4c(NC=O)ncnc43)[C@@H]3OC(C)(C)O[C@@H]32)C1. The molecule has 2 fully saturated rings. The standard InChI is InChI=1S/C24H32N6O7S/c1-23(2,3)36-22(32)29-37-13-6-7-14(8-13)38-9-15-17-18(35-24(4,5)34-17)21(33-15)30-11-27-16-19(28-12-31)25-10-26-20(16)30/h6-7,10-15,17-18,21H,8-9H2,1-5H3,(H,29,32)(H,25,26,28,31)/t13-,14-,15-,17-,18-,21-/m1/s1. The van der Waals surface area contributed by atoms with Gasteiger partial charge in [-0.2, -0.15) is 17.2 Å². The van der Waals surface area contributed by atoms with Crippen molar-refractivity contribution in [3.8, 4) is 0 Å². The number of rotatable bonds is 8. The van der Waals surface area contributed by atoms with Gasteiger partial charge in [-0.1, -0.05) is 12.2 Å². The molecule has 206 valence electrons. The number of aromatic nitrogens is 4. The highest BCUT2D eigenvalue weighted by Crippen LogP contribution is 2.45. The second-order valence-corrected chi connectivity index (χ2v) is 12.0. The van der Waals surface area contributed by atoms with Crippen LogP contribution < -0.4 is 10.8 Å². The third-order valence-corrected chi connectivity index (χ3v) is 7.42. The molecule has 0 unspecified atom stereocenters. The summed E-state index contributed by atoms with van der Waals surface area (Å²) in [6.45, 7) is 9.14. The highest BCUT2D eigenvalue weighted by Gasteiger charge is 2.56. The zero-order valence-electron chi connectivity index (χ0n) is 21.8. The van der Waals surface area contributed by atoms with E-state index < -0.39 is 23.7 Å². The first-order chi connectivity index (χ1) is 18.0. The predicted octanol–water partition coefficient (Wildman–Crippen LogP) is 2.70. The minimum Gasteiger partial charge on any atom is -0.442 e. The molecule has 3 aliphatic rings. The first kappa shape index (κ1) is 26.8. The van der Waals surface area contributed by atoms with Gasteiger partial charge in [-0.3, -0.25) is 14.2 Å². The minimum atomic E-state index is -0.768. The van der Waals surface area contributed by atoms with E-state index in [-0.39, 0.29) is 29.7 Å². The molecular formula is C24H32N6O7S. The summed E-state index contributed by atoms with van der Waals surface area (Å²) in [5.74, 6) is 0.202. The van der Waals surface area contributed by atoms with E-state index in [1.54, 1.807) is 43.4 Å². The minimum absolute atomic E-state index is 0.177. The summed E-state index contributed by atoms with van der Waals surface area (Å²) in [5.41, 5.74) is 2.74. The Morgan fingerprint density at radius 2 is 2.03 bits per heavy atom. The Bertz CT molecular complexity index is 1210. The number of hydroxylamine groups is 1. The van der Waals surface area contributed by atoms with Crippen LogP contribution in [0.5, 0.6) is 0 Å². The van der Waals surface area contributed by atoms with Crippen molar-refractivity contribution in [3.63, 3.8) is 0 Å². The molecule has 0 aromatic carbocycles. The fraction of sp³-hybridized carbons (Fsp3) is 0.625. The van der Waals surface area contributed by atoms with E-state index in [1.807, 2.05) is 19.9 Å². The average Bonchev–Trinajstić information content (AvgIpc) is 3.59. The monoisotopic (exact) mass is 548 g/mol. The van der Waals surface area contributed by atoms with Crippen LogP contribution in [0.3, 0.4) is 0 Å². The number of nitrogens with zero attached hydrogens (tertiary/aromatic N) is 4. The van der Waals surface area contributed by atoms with Crippen molar-refractivity contribution in [1.29, 1.82) is 0 Å². The van der Waals surface area contributed by atoms with Gasteiger partial charge in [0.15, 0.2) is 29.0 Å². The van der Waals surface area contributed by atoms with Gasteiger partial charge in [-0.05, 0) is 41.0 Å². The molecule has 5 rings (SSSR count). The highest BCUT2D eigenvalue weighted by atomic mass is 32.2. The summed E-state index contributed by atoms with van der Waals surface area (Å²) in [6, 6.07) is 0. The molecule has 14 heteroatoms. The number of carbonyl (C=O) groups excluding carboxylic acids is 2. The van der Waals surface area contributed by atoms with Crippen molar-refractivity contribution < 1.29 is 33.4 Å². The number of amides is 2. The molecule has 2 aliphatic heterocycles. The molecule has 38 heavy (non-hydrogen) atoms. The number of fused-ring (bicyclic) bond motifs is 2. The van der Waals surface area contributed by atoms with E-state index in [4.69, 9.17) is 23.8 Å². The van der Waals surface area contributed by atoms with Crippen LogP contribution in [0.1, 0.15) is 47.3 Å². The van der Waals surface area contributed by atoms with E-state index in [1.165, 1.54) is 6.33 Å². The Hall–Kier alpha value is -2.78. The van der Waals surface area contributed by atoms with Gasteiger partial charge in [-0.25, -0.2) is 19.7 Å². The Morgan fingerprint density at radius 1 is 1.24 bits per heavy atom. The second-order valence-electron chi connectivity index (χ2n) is 10.7. The molecule has 4 heterocycles. The summed E-state index contributed by atoms with van der Waals surface area (Å²) in [7, 11) is 0. The molecule has 0 saturated carbocycles. The van der Waals surface area contributed by atoms with E-state index in [9.17, 15) is 9.59 Å². The van der Waals surface area contributed by atoms with Crippen LogP contribution in [0, 0.1) is 0 Å². The number of anilines is 1. The summed E-state index contributed by atoms with van der Waals surface area (Å²) in [4.78, 5) is 41.1. The van der Waals surface area contributed by atoms with E-state index >= 15 is 0 Å². The third-order valence-electron chi connectivity index (χ3n) is 6.13. The quantitative estimate of drug-likeness (QED) is 0.285. The molecule has 1 aliphatic carbocycles. The van der Waals surface area contributed by atoms with Crippen LogP contribution in [-0.4, -0.2) is 78.8 Å². The first-order valence-electron chi connectivity index (χ1n) is 12.4. The van der Waals surface area contributed by atoms with E-state index in [2.05, 4.69) is 31.8 Å². The molecule has 2 saturated heterocycles. The van der Waals surface area contributed by atoms with Crippen molar-refractivity contribution in [2.45, 2.75) is 88.3 Å². The Balaban J connectivity index is 1.21. The van der Waals surface area contributed by atoms with Crippen LogP contribution in [0.4, 0.5) is 10.6 Å². The molecule has 2 aromatic rings. The van der Waals surface area contributed by atoms with E-state index in [0.29, 0.717) is 35.6 Å². The maximum atomic E-state index is 11.9. The molecule has 0 radical (unpaired) electrons. The number of nitrogens with one attached hydrogen (secondary N) is 2. The molecule has 2 aromatic heterocycles. The summed E-state index contributed by atoms with van der Waals surface area (Å²) < 4.78 is 25.9. The molecule has 2 N–H and O–H groups in total. The molecule has 0 bridgehead atoms. The Labute approximate surface area is 223 Å². The van der Waals surface area contributed by atoms with Crippen LogP contribution in [0.2, 0.25) is 0 Å². The van der Waals surface area contributed by atoms with Gasteiger partial charge in [0.2, 0.25) is 6.41 Å². The summed E-state index contributed by atoms with van der Waals surface area (Å²) in [6.07, 6.45) is 5.90. The lowest BCUT2D eigenvalue weighted by molar-refractivity contribution is -0.193. The predicted molar refractivity (Wildman–Crippen MR) is 137 cm³/mol. The maximum absolute atomic E-state index is 11.9. The molecule has 0 spiro atoms. The van der Waals surface area contributed by atoms with Crippen molar-refractivity contribution in [1.82, 2.24) is 25.0 Å². The number of carbonyl (C=O) groups is 2. The lowest BCUT2D eigenvalue weighted by Gasteiger charge is -2.25. The zero-order valence-corrected chi connectivity index (χ0v) is 22.6. The summed E-state index contributed by atoms with van der Waals surface area (Å²) >= 11 is 1.72. The fourth-order valence-electron chi connectivity index (χ4n) is 4.70. The van der Waals surface area contributed by atoms with Gasteiger partial charge in [0.1, 0.15) is 30.2 Å².